The van der Waals surface area contributed by atoms with E-state index in [2.05, 4.69) is 10.1 Å². The number of aromatic amines is 1. The van der Waals surface area contributed by atoms with Crippen molar-refractivity contribution in [2.24, 2.45) is 0 Å². The third-order valence-corrected chi connectivity index (χ3v) is 3.28. The minimum Gasteiger partial charge on any atom is -0.496 e. The molecule has 0 fully saturated rings. The Kier molecular flexibility index (Phi) is 3.77. The van der Waals surface area contributed by atoms with Gasteiger partial charge in [0.25, 0.3) is 0 Å². The van der Waals surface area contributed by atoms with Gasteiger partial charge >= 0.3 is 6.18 Å². The van der Waals surface area contributed by atoms with E-state index < -0.39 is 11.9 Å². The lowest BCUT2D eigenvalue weighted by Gasteiger charge is -2.08. The largest absolute Gasteiger partial charge is 0.496 e. The van der Waals surface area contributed by atoms with Crippen molar-refractivity contribution in [1.29, 1.82) is 0 Å². The summed E-state index contributed by atoms with van der Waals surface area (Å²) in [7, 11) is 1.55. The summed E-state index contributed by atoms with van der Waals surface area (Å²) in [6, 6.07) is 13.3. The quantitative estimate of drug-likeness (QED) is 0.788. The summed E-state index contributed by atoms with van der Waals surface area (Å²) < 4.78 is 43.2. The van der Waals surface area contributed by atoms with E-state index in [0.29, 0.717) is 17.1 Å². The Morgan fingerprint density at radius 1 is 0.957 bits per heavy atom. The number of H-pyrrole nitrogens is 1. The number of rotatable bonds is 3. The van der Waals surface area contributed by atoms with Crippen LogP contribution < -0.4 is 4.74 Å². The zero-order valence-corrected chi connectivity index (χ0v) is 12.1. The average Bonchev–Trinajstić information content (AvgIpc) is 3.05. The Morgan fingerprint density at radius 3 is 2.39 bits per heavy atom. The molecule has 0 atom stereocenters. The predicted octanol–water partition coefficient (Wildman–Crippen LogP) is 4.17. The number of aromatic nitrogens is 3. The molecular weight excluding hydrogens is 307 g/mol. The Hall–Kier alpha value is -2.83. The summed E-state index contributed by atoms with van der Waals surface area (Å²) in [4.78, 5) is 4.39. The molecule has 2 heterocycles. The van der Waals surface area contributed by atoms with Gasteiger partial charge in [-0.05, 0) is 30.3 Å². The molecule has 0 aliphatic rings. The number of benzene rings is 1. The molecule has 118 valence electrons. The van der Waals surface area contributed by atoms with Crippen molar-refractivity contribution in [2.75, 3.05) is 7.11 Å². The Bertz CT molecular complexity index is 827. The summed E-state index contributed by atoms with van der Waals surface area (Å²) in [5.74, 6) is 0.634. The first-order chi connectivity index (χ1) is 11.0. The van der Waals surface area contributed by atoms with Crippen LogP contribution in [0.5, 0.6) is 5.75 Å². The van der Waals surface area contributed by atoms with E-state index in [4.69, 9.17) is 4.74 Å². The number of para-hydroxylation sites is 1. The van der Waals surface area contributed by atoms with Crippen molar-refractivity contribution in [3.05, 3.63) is 54.2 Å². The number of hydrogen-bond donors (Lipinski definition) is 1. The van der Waals surface area contributed by atoms with Gasteiger partial charge in [0, 0.05) is 5.56 Å². The SMILES string of the molecule is COc1ccccc1-c1cccc(-c2cc(C(F)(F)F)[nH]n2)n1. The van der Waals surface area contributed by atoms with Crippen LogP contribution >= 0.6 is 0 Å². The molecule has 7 heteroatoms. The van der Waals surface area contributed by atoms with Crippen molar-refractivity contribution in [3.63, 3.8) is 0 Å². The van der Waals surface area contributed by atoms with Gasteiger partial charge in [-0.2, -0.15) is 18.3 Å². The molecule has 0 radical (unpaired) electrons. The normalized spacial score (nSPS) is 11.5. The lowest BCUT2D eigenvalue weighted by atomic mass is 10.1. The number of nitrogens with one attached hydrogen (secondary N) is 1. The highest BCUT2D eigenvalue weighted by atomic mass is 19.4. The van der Waals surface area contributed by atoms with Crippen LogP contribution in [0.1, 0.15) is 5.69 Å². The zero-order chi connectivity index (χ0) is 16.4. The van der Waals surface area contributed by atoms with Gasteiger partial charge < -0.3 is 4.74 Å². The molecule has 0 saturated heterocycles. The van der Waals surface area contributed by atoms with Crippen LogP contribution in [0.25, 0.3) is 22.6 Å². The second-order valence-corrected chi connectivity index (χ2v) is 4.77. The molecule has 0 aliphatic heterocycles. The molecule has 2 aromatic heterocycles. The van der Waals surface area contributed by atoms with Gasteiger partial charge in [-0.25, -0.2) is 4.98 Å². The average molecular weight is 319 g/mol. The number of hydrogen-bond acceptors (Lipinski definition) is 3. The van der Waals surface area contributed by atoms with Crippen LogP contribution in [0.15, 0.2) is 48.5 Å². The van der Waals surface area contributed by atoms with E-state index in [-0.39, 0.29) is 5.69 Å². The van der Waals surface area contributed by atoms with Crippen molar-refractivity contribution >= 4 is 0 Å². The molecule has 0 spiro atoms. The predicted molar refractivity (Wildman–Crippen MR) is 78.8 cm³/mol. The van der Waals surface area contributed by atoms with Crippen LogP contribution in [0, 0.1) is 0 Å². The number of alkyl halides is 3. The Labute approximate surface area is 130 Å². The van der Waals surface area contributed by atoms with Crippen LogP contribution in [-0.2, 0) is 6.18 Å². The van der Waals surface area contributed by atoms with Gasteiger partial charge in [0.05, 0.1) is 18.5 Å². The van der Waals surface area contributed by atoms with Crippen molar-refractivity contribution in [2.45, 2.75) is 6.18 Å². The molecule has 0 bridgehead atoms. The molecule has 3 aromatic rings. The molecule has 1 aromatic carbocycles. The van der Waals surface area contributed by atoms with E-state index >= 15 is 0 Å². The Morgan fingerprint density at radius 2 is 1.70 bits per heavy atom. The van der Waals surface area contributed by atoms with Crippen molar-refractivity contribution in [3.8, 4) is 28.4 Å². The standard InChI is InChI=1S/C16H12F3N3O/c1-23-14-8-3-2-5-10(14)11-6-4-7-12(20-11)13-9-15(22-21-13)16(17,18)19/h2-9H,1H3,(H,21,22). The smallest absolute Gasteiger partial charge is 0.432 e. The first kappa shape index (κ1) is 15.1. The van der Waals surface area contributed by atoms with Gasteiger partial charge in [0.1, 0.15) is 17.1 Å². The molecule has 0 aliphatic carbocycles. The van der Waals surface area contributed by atoms with Crippen molar-refractivity contribution in [1.82, 2.24) is 15.2 Å². The summed E-state index contributed by atoms with van der Waals surface area (Å²) in [5.41, 5.74) is 0.922. The van der Waals surface area contributed by atoms with E-state index in [0.717, 1.165) is 11.6 Å². The highest BCUT2D eigenvalue weighted by Crippen LogP contribution is 2.32. The number of ether oxygens (including phenoxy) is 1. The minimum atomic E-state index is -4.47. The summed E-state index contributed by atoms with van der Waals surface area (Å²) in [6.07, 6.45) is -4.47. The first-order valence-electron chi connectivity index (χ1n) is 6.72. The molecule has 3 rings (SSSR count). The van der Waals surface area contributed by atoms with E-state index in [1.165, 1.54) is 0 Å². The van der Waals surface area contributed by atoms with Gasteiger partial charge in [-0.3, -0.25) is 5.10 Å². The van der Waals surface area contributed by atoms with E-state index in [9.17, 15) is 13.2 Å². The number of pyridine rings is 1. The summed E-state index contributed by atoms with van der Waals surface area (Å²) in [6.45, 7) is 0. The lowest BCUT2D eigenvalue weighted by molar-refractivity contribution is -0.141. The minimum absolute atomic E-state index is 0.133. The summed E-state index contributed by atoms with van der Waals surface area (Å²) in [5, 5.41) is 5.68. The fraction of sp³-hybridized carbons (Fsp3) is 0.125. The number of halogens is 3. The highest BCUT2D eigenvalue weighted by Gasteiger charge is 2.33. The molecular formula is C16H12F3N3O. The molecule has 4 nitrogen and oxygen atoms in total. The zero-order valence-electron chi connectivity index (χ0n) is 12.1. The lowest BCUT2D eigenvalue weighted by Crippen LogP contribution is -2.04. The van der Waals surface area contributed by atoms with Crippen molar-refractivity contribution < 1.29 is 17.9 Å². The monoisotopic (exact) mass is 319 g/mol. The topological polar surface area (TPSA) is 50.8 Å². The second-order valence-electron chi connectivity index (χ2n) is 4.77. The maximum atomic E-state index is 12.7. The third kappa shape index (κ3) is 3.03. The maximum absolute atomic E-state index is 12.7. The Balaban J connectivity index is 2.02. The molecule has 1 N–H and O–H groups in total. The molecule has 0 amide bonds. The molecule has 0 saturated carbocycles. The number of methoxy groups -OCH3 is 1. The van der Waals surface area contributed by atoms with Gasteiger partial charge in [-0.15, -0.1) is 0 Å². The fourth-order valence-corrected chi connectivity index (χ4v) is 2.18. The third-order valence-electron chi connectivity index (χ3n) is 3.28. The second kappa shape index (κ2) is 5.75. The molecule has 23 heavy (non-hydrogen) atoms. The van der Waals surface area contributed by atoms with Crippen LogP contribution in [0.3, 0.4) is 0 Å². The first-order valence-corrected chi connectivity index (χ1v) is 6.72. The fourth-order valence-electron chi connectivity index (χ4n) is 2.18. The van der Waals surface area contributed by atoms with Gasteiger partial charge in [0.2, 0.25) is 0 Å². The van der Waals surface area contributed by atoms with Crippen LogP contribution in [-0.4, -0.2) is 22.3 Å². The van der Waals surface area contributed by atoms with Crippen LogP contribution in [0.4, 0.5) is 13.2 Å². The maximum Gasteiger partial charge on any atom is 0.432 e. The van der Waals surface area contributed by atoms with Gasteiger partial charge in [0.15, 0.2) is 0 Å². The molecule has 0 unspecified atom stereocenters. The van der Waals surface area contributed by atoms with Gasteiger partial charge in [-0.1, -0.05) is 18.2 Å². The van der Waals surface area contributed by atoms with E-state index in [1.807, 2.05) is 23.3 Å². The van der Waals surface area contributed by atoms with Crippen LogP contribution in [0.2, 0.25) is 0 Å². The van der Waals surface area contributed by atoms with E-state index in [1.54, 1.807) is 31.4 Å². The summed E-state index contributed by atoms with van der Waals surface area (Å²) >= 11 is 0. The number of nitrogens with zero attached hydrogens (tertiary/aromatic N) is 2. The highest BCUT2D eigenvalue weighted by molar-refractivity contribution is 5.69.